The minimum Gasteiger partial charge on any atom is -0.429 e. The summed E-state index contributed by atoms with van der Waals surface area (Å²) in [5.41, 5.74) is -0.714. The molecule has 2 saturated heterocycles. The average Bonchev–Trinajstić information content (AvgIpc) is 3.97. The van der Waals surface area contributed by atoms with Gasteiger partial charge in [-0.3, -0.25) is 24.2 Å². The van der Waals surface area contributed by atoms with Gasteiger partial charge >= 0.3 is 103 Å². The molecule has 0 spiro atoms. The van der Waals surface area contributed by atoms with Gasteiger partial charge in [0.2, 0.25) is 0 Å². The first-order chi connectivity index (χ1) is 29.6. The van der Waals surface area contributed by atoms with Crippen LogP contribution in [0.2, 0.25) is 0 Å². The number of likely N-dealkylation sites (tertiary alicyclic amines) is 2. The molecule has 2 fully saturated rings. The Balaban J connectivity index is -0.000000107. The minimum absolute atomic E-state index is 0. The molecule has 8 nitrogen and oxygen atoms in total. The summed E-state index contributed by atoms with van der Waals surface area (Å²) in [6.07, 6.45) is 8.54. The van der Waals surface area contributed by atoms with Crippen LogP contribution in [0.15, 0.2) is 0 Å². The van der Waals surface area contributed by atoms with Crippen LogP contribution in [0.1, 0.15) is 225 Å². The first-order valence-corrected chi connectivity index (χ1v) is 26.0. The van der Waals surface area contributed by atoms with E-state index in [1.807, 2.05) is 139 Å². The number of nitrogens with zero attached hydrogens (tertiary/aromatic N) is 4. The predicted octanol–water partition coefficient (Wildman–Crippen LogP) is 8.11. The average molecular weight is 988 g/mol. The van der Waals surface area contributed by atoms with Crippen LogP contribution < -0.4 is 103 Å². The molecule has 0 aromatic rings. The number of rotatable bonds is 18. The molecule has 0 aromatic carbocycles. The molecule has 2 aliphatic rings. The number of Topliss-reactive ketones (excluding diaryl/α,β-unsaturated/α-hetero) is 4. The Morgan fingerprint density at radius 2 is 0.955 bits per heavy atom. The van der Waals surface area contributed by atoms with Crippen molar-refractivity contribution >= 4 is 23.1 Å². The van der Waals surface area contributed by atoms with E-state index < -0.39 is 0 Å². The normalized spacial score (nSPS) is 16.3. The third-order valence-electron chi connectivity index (χ3n) is 11.8. The Hall–Kier alpha value is 1.66. The van der Waals surface area contributed by atoms with Crippen LogP contribution in [0.25, 0.3) is 0 Å². The molecule has 10 heteroatoms. The standard InChI is InChI=1S/2C13H26NO.2C11H20NO.4C2H6.2K/c2*1-8-9-13(6,12(15)10(2)3)14(7)11(4)5;2*1-8(2)11(13)10-6-5-7-12(10)9(3)4;4*1-2;;/h2*10-11H,1,8-9H2,2-7H3;8-9H,5-7H2,1-4H3;5,8-10H,6-7H2,1-4H3;4*1-2H3;;/q4*-1;;;;;2*+1. The molecule has 3 unspecified atom stereocenters. The van der Waals surface area contributed by atoms with E-state index in [4.69, 9.17) is 0 Å². The zero-order valence-electron chi connectivity index (χ0n) is 50.5. The summed E-state index contributed by atoms with van der Waals surface area (Å²) < 4.78 is 0. The maximum absolute atomic E-state index is 12.2. The fourth-order valence-electron chi connectivity index (χ4n) is 7.76. The monoisotopic (exact) mass is 987 g/mol. The van der Waals surface area contributed by atoms with Crippen LogP contribution in [0.3, 0.4) is 0 Å². The largest absolute Gasteiger partial charge is 1.00 e. The Morgan fingerprint density at radius 1 is 0.606 bits per heavy atom. The van der Waals surface area contributed by atoms with E-state index >= 15 is 0 Å². The molecule has 0 saturated carbocycles. The summed E-state index contributed by atoms with van der Waals surface area (Å²) in [5.74, 6) is 1.86. The van der Waals surface area contributed by atoms with Gasteiger partial charge in [0, 0.05) is 47.7 Å². The van der Waals surface area contributed by atoms with E-state index in [1.54, 1.807) is 0 Å². The van der Waals surface area contributed by atoms with Crippen molar-refractivity contribution in [3.05, 3.63) is 26.3 Å². The van der Waals surface area contributed by atoms with Gasteiger partial charge in [0.05, 0.1) is 11.1 Å². The zero-order chi connectivity index (χ0) is 52.5. The van der Waals surface area contributed by atoms with Gasteiger partial charge in [0.25, 0.3) is 0 Å². The molecule has 0 bridgehead atoms. The minimum atomic E-state index is -0.357. The summed E-state index contributed by atoms with van der Waals surface area (Å²) >= 11 is 0. The molecular formula is C56H116K2N4O4-2. The van der Waals surface area contributed by atoms with Gasteiger partial charge in [0.1, 0.15) is 5.78 Å². The van der Waals surface area contributed by atoms with Crippen molar-refractivity contribution in [1.82, 2.24) is 19.6 Å². The number of carbonyl (C=O) groups excluding carboxylic acids is 4. The molecular weight excluding hydrogens is 871 g/mol. The smallest absolute Gasteiger partial charge is 0.429 e. The topological polar surface area (TPSA) is 81.2 Å². The van der Waals surface area contributed by atoms with Crippen molar-refractivity contribution in [2.45, 2.75) is 266 Å². The van der Waals surface area contributed by atoms with Gasteiger partial charge in [-0.2, -0.15) is 19.3 Å². The van der Waals surface area contributed by atoms with Gasteiger partial charge in [-0.25, -0.2) is 6.04 Å². The third kappa shape index (κ3) is 31.3. The van der Waals surface area contributed by atoms with Crippen molar-refractivity contribution in [3.8, 4) is 0 Å². The summed E-state index contributed by atoms with van der Waals surface area (Å²) in [7, 11) is 4.06. The second kappa shape index (κ2) is 47.7. The Bertz CT molecular complexity index is 1070. The fraction of sp³-hybridized carbons (Fsp3) is 0.857. The van der Waals surface area contributed by atoms with Crippen LogP contribution in [0.4, 0.5) is 0 Å². The van der Waals surface area contributed by atoms with Gasteiger partial charge in [-0.1, -0.05) is 144 Å². The molecule has 3 atom stereocenters. The number of likely N-dealkylation sites (N-methyl/N-ethyl adjacent to an activating group) is 2. The maximum atomic E-state index is 12.2. The van der Waals surface area contributed by atoms with E-state index in [0.29, 0.717) is 47.3 Å². The van der Waals surface area contributed by atoms with E-state index in [1.165, 1.54) is 0 Å². The Kier molecular flexibility index (Phi) is 61.0. The van der Waals surface area contributed by atoms with Gasteiger partial charge < -0.3 is 34.9 Å². The van der Waals surface area contributed by atoms with E-state index in [2.05, 4.69) is 95.3 Å². The molecule has 2 rings (SSSR count). The van der Waals surface area contributed by atoms with Crippen LogP contribution in [-0.4, -0.2) is 111 Å². The SMILES string of the molecule is CC.CC.CC.CC.CC(C)C(=O)C1C[CH-]CN1C(C)C.CC(C)C(=O)[C-]1CCCN1C(C)C.[CH2-]CCC(C)(C(=O)C(C)C)N(C)C(C)C.[CH2-]CCC(C)(C(=O)C(C)C)N(C)C(C)C.[K+].[K+]. The van der Waals surface area contributed by atoms with Crippen LogP contribution in [0, 0.1) is 50.0 Å². The third-order valence-corrected chi connectivity index (χ3v) is 11.8. The fourth-order valence-corrected chi connectivity index (χ4v) is 7.76. The number of ketones is 4. The van der Waals surface area contributed by atoms with Crippen molar-refractivity contribution in [1.29, 1.82) is 0 Å². The summed E-state index contributed by atoms with van der Waals surface area (Å²) in [6, 6.07) is 2.92. The van der Waals surface area contributed by atoms with Gasteiger partial charge in [-0.05, 0) is 88.0 Å². The van der Waals surface area contributed by atoms with Crippen molar-refractivity contribution in [3.63, 3.8) is 0 Å². The molecule has 0 radical (unpaired) electrons. The van der Waals surface area contributed by atoms with Crippen molar-refractivity contribution in [2.75, 3.05) is 27.2 Å². The number of carbonyl (C=O) groups is 4. The summed E-state index contributed by atoms with van der Waals surface area (Å²) in [4.78, 5) is 56.9. The van der Waals surface area contributed by atoms with E-state index in [-0.39, 0.29) is 144 Å². The molecule has 0 aliphatic carbocycles. The van der Waals surface area contributed by atoms with Crippen molar-refractivity contribution in [2.24, 2.45) is 23.7 Å². The van der Waals surface area contributed by atoms with E-state index in [9.17, 15) is 19.2 Å². The molecule has 2 heterocycles. The first-order valence-electron chi connectivity index (χ1n) is 26.0. The molecule has 0 N–H and O–H groups in total. The Labute approximate surface area is 501 Å². The summed E-state index contributed by atoms with van der Waals surface area (Å²) in [5, 5.41) is 0. The van der Waals surface area contributed by atoms with Crippen LogP contribution in [-0.2, 0) is 19.2 Å². The number of hydrogen-bond donors (Lipinski definition) is 0. The quantitative estimate of drug-likeness (QED) is 0.101. The van der Waals surface area contributed by atoms with Crippen LogP contribution in [0.5, 0.6) is 0 Å². The molecule has 66 heavy (non-hydrogen) atoms. The van der Waals surface area contributed by atoms with Crippen LogP contribution >= 0.6 is 0 Å². The van der Waals surface area contributed by atoms with Gasteiger partial charge in [-0.15, -0.1) is 13.0 Å². The predicted molar refractivity (Wildman–Crippen MR) is 285 cm³/mol. The molecule has 2 aliphatic heterocycles. The second-order valence-corrected chi connectivity index (χ2v) is 18.9. The molecule has 0 amide bonds. The first kappa shape index (κ1) is 84.5. The molecule has 0 aromatic heterocycles. The van der Waals surface area contributed by atoms with Gasteiger partial charge in [0.15, 0.2) is 11.6 Å². The zero-order valence-corrected chi connectivity index (χ0v) is 56.7. The second-order valence-electron chi connectivity index (χ2n) is 18.9. The summed E-state index contributed by atoms with van der Waals surface area (Å²) in [6.45, 7) is 62.8. The Morgan fingerprint density at radius 3 is 1.20 bits per heavy atom. The number of hydrogen-bond acceptors (Lipinski definition) is 8. The van der Waals surface area contributed by atoms with E-state index in [0.717, 1.165) is 64.1 Å². The molecule has 388 valence electrons. The maximum Gasteiger partial charge on any atom is 1.00 e. The van der Waals surface area contributed by atoms with Crippen molar-refractivity contribution < 1.29 is 122 Å².